The highest BCUT2D eigenvalue weighted by Gasteiger charge is 2.53. The van der Waals surface area contributed by atoms with E-state index in [0.717, 1.165) is 0 Å². The summed E-state index contributed by atoms with van der Waals surface area (Å²) in [6, 6.07) is 1.59. The highest BCUT2D eigenvalue weighted by atomic mass is 32.2. The molecule has 2 amide bonds. The van der Waals surface area contributed by atoms with Crippen molar-refractivity contribution in [3.63, 3.8) is 0 Å². The highest BCUT2D eigenvalue weighted by Crippen LogP contribution is 2.34. The largest absolute Gasteiger partial charge is 0.378 e. The summed E-state index contributed by atoms with van der Waals surface area (Å²) in [6.07, 6.45) is 3.19. The van der Waals surface area contributed by atoms with Crippen LogP contribution >= 0.6 is 0 Å². The minimum absolute atomic E-state index is 0.00203. The van der Waals surface area contributed by atoms with Gasteiger partial charge in [-0.25, -0.2) is 8.42 Å². The molecule has 0 saturated carbocycles. The van der Waals surface area contributed by atoms with Crippen LogP contribution in [0.5, 0.6) is 0 Å². The Morgan fingerprint density at radius 3 is 2.57 bits per heavy atom. The molecule has 30 heavy (non-hydrogen) atoms. The summed E-state index contributed by atoms with van der Waals surface area (Å²) in [4.78, 5) is 44.7. The van der Waals surface area contributed by atoms with Gasteiger partial charge in [-0.05, 0) is 18.6 Å². The number of hydrogen-bond donors (Lipinski definition) is 0. The van der Waals surface area contributed by atoms with Crippen LogP contribution in [0.3, 0.4) is 0 Å². The lowest BCUT2D eigenvalue weighted by Crippen LogP contribution is -2.44. The number of ketones is 1. The molecule has 4 heterocycles. The molecule has 0 aromatic carbocycles. The molecule has 3 aliphatic rings. The number of carbonyl (C=O) groups is 3. The SMILES string of the molecule is O=C1CN(S(=O)(=O)c2cccnc2)C2CCN(C(=O)CCC(=O)N3CCOCC3)C12. The molecule has 4 rings (SSSR count). The van der Waals surface area contributed by atoms with Crippen molar-refractivity contribution in [1.82, 2.24) is 19.1 Å². The van der Waals surface area contributed by atoms with E-state index in [1.807, 2.05) is 0 Å². The number of fused-ring (bicyclic) bond motifs is 1. The van der Waals surface area contributed by atoms with E-state index in [9.17, 15) is 22.8 Å². The number of hydrogen-bond acceptors (Lipinski definition) is 7. The Balaban J connectivity index is 1.41. The van der Waals surface area contributed by atoms with Crippen LogP contribution in [0.2, 0.25) is 0 Å². The molecule has 2 unspecified atom stereocenters. The van der Waals surface area contributed by atoms with E-state index in [0.29, 0.717) is 39.3 Å². The molecule has 0 N–H and O–H groups in total. The summed E-state index contributed by atoms with van der Waals surface area (Å²) in [5, 5.41) is 0. The van der Waals surface area contributed by atoms with Crippen molar-refractivity contribution in [2.45, 2.75) is 36.2 Å². The van der Waals surface area contributed by atoms with Crippen molar-refractivity contribution in [1.29, 1.82) is 0 Å². The second-order valence-electron chi connectivity index (χ2n) is 7.59. The van der Waals surface area contributed by atoms with E-state index >= 15 is 0 Å². The Kier molecular flexibility index (Phi) is 5.85. The molecule has 3 aliphatic heterocycles. The average molecular weight is 436 g/mol. The molecule has 0 bridgehead atoms. The molecular formula is C19H24N4O6S. The molecule has 162 valence electrons. The summed E-state index contributed by atoms with van der Waals surface area (Å²) in [6.45, 7) is 2.05. The van der Waals surface area contributed by atoms with Crippen molar-refractivity contribution in [3.05, 3.63) is 24.5 Å². The van der Waals surface area contributed by atoms with Gasteiger partial charge in [0.15, 0.2) is 5.78 Å². The van der Waals surface area contributed by atoms with Gasteiger partial charge in [0, 0.05) is 44.9 Å². The minimum Gasteiger partial charge on any atom is -0.378 e. The van der Waals surface area contributed by atoms with Crippen molar-refractivity contribution in [2.24, 2.45) is 0 Å². The molecule has 11 heteroatoms. The quantitative estimate of drug-likeness (QED) is 0.597. The third-order valence-corrected chi connectivity index (χ3v) is 7.71. The summed E-state index contributed by atoms with van der Waals surface area (Å²) >= 11 is 0. The Bertz CT molecular complexity index is 932. The van der Waals surface area contributed by atoms with Gasteiger partial charge in [0.2, 0.25) is 21.8 Å². The van der Waals surface area contributed by atoms with Gasteiger partial charge < -0.3 is 14.5 Å². The van der Waals surface area contributed by atoms with Crippen molar-refractivity contribution >= 4 is 27.6 Å². The van der Waals surface area contributed by atoms with Crippen molar-refractivity contribution in [3.8, 4) is 0 Å². The monoisotopic (exact) mass is 436 g/mol. The lowest BCUT2D eigenvalue weighted by atomic mass is 10.1. The summed E-state index contributed by atoms with van der Waals surface area (Å²) < 4.78 is 32.3. The highest BCUT2D eigenvalue weighted by molar-refractivity contribution is 7.89. The number of morpholine rings is 1. The van der Waals surface area contributed by atoms with E-state index in [-0.39, 0.29) is 41.9 Å². The Morgan fingerprint density at radius 2 is 1.87 bits per heavy atom. The third kappa shape index (κ3) is 3.84. The van der Waals surface area contributed by atoms with Gasteiger partial charge in [-0.1, -0.05) is 0 Å². The zero-order chi connectivity index (χ0) is 21.3. The number of Topliss-reactive ketones (excluding diaryl/α,β-unsaturated/α-hetero) is 1. The van der Waals surface area contributed by atoms with Gasteiger partial charge in [0.1, 0.15) is 10.9 Å². The van der Waals surface area contributed by atoms with Gasteiger partial charge >= 0.3 is 0 Å². The Morgan fingerprint density at radius 1 is 1.13 bits per heavy atom. The van der Waals surface area contributed by atoms with Gasteiger partial charge in [-0.15, -0.1) is 0 Å². The standard InChI is InChI=1S/C19H24N4O6S/c24-16-13-23(30(27,28)14-2-1-6-20-12-14)15-5-7-22(19(15)16)18(26)4-3-17(25)21-8-10-29-11-9-21/h1-2,6,12,15,19H,3-5,7-11,13H2. The maximum Gasteiger partial charge on any atom is 0.245 e. The van der Waals surface area contributed by atoms with Crippen LogP contribution in [0.25, 0.3) is 0 Å². The minimum atomic E-state index is -3.88. The fraction of sp³-hybridized carbons (Fsp3) is 0.579. The smallest absolute Gasteiger partial charge is 0.245 e. The average Bonchev–Trinajstić information content (AvgIpc) is 3.34. The Labute approximate surface area is 174 Å². The Hall–Kier alpha value is -2.37. The first kappa shape index (κ1) is 20.9. The molecule has 0 aliphatic carbocycles. The van der Waals surface area contributed by atoms with Crippen LogP contribution in [0, 0.1) is 0 Å². The molecule has 1 aromatic heterocycles. The fourth-order valence-corrected chi connectivity index (χ4v) is 5.93. The van der Waals surface area contributed by atoms with Gasteiger partial charge in [-0.3, -0.25) is 19.4 Å². The predicted molar refractivity (Wildman–Crippen MR) is 104 cm³/mol. The first-order chi connectivity index (χ1) is 14.4. The van der Waals surface area contributed by atoms with Gasteiger partial charge in [0.05, 0.1) is 25.8 Å². The van der Waals surface area contributed by atoms with Crippen molar-refractivity contribution < 1.29 is 27.5 Å². The molecular weight excluding hydrogens is 412 g/mol. The zero-order valence-corrected chi connectivity index (χ0v) is 17.3. The fourth-order valence-electron chi connectivity index (χ4n) is 4.34. The summed E-state index contributed by atoms with van der Waals surface area (Å²) in [5.74, 6) is -0.697. The number of rotatable bonds is 5. The first-order valence-electron chi connectivity index (χ1n) is 9.99. The lowest BCUT2D eigenvalue weighted by molar-refractivity contribution is -0.140. The second-order valence-corrected chi connectivity index (χ2v) is 9.48. The van der Waals surface area contributed by atoms with E-state index in [4.69, 9.17) is 4.74 Å². The van der Waals surface area contributed by atoms with Gasteiger partial charge in [-0.2, -0.15) is 4.31 Å². The van der Waals surface area contributed by atoms with E-state index in [1.54, 1.807) is 4.90 Å². The summed E-state index contributed by atoms with van der Waals surface area (Å²) in [7, 11) is -3.88. The van der Waals surface area contributed by atoms with E-state index in [1.165, 1.54) is 33.7 Å². The third-order valence-electron chi connectivity index (χ3n) is 5.86. The summed E-state index contributed by atoms with van der Waals surface area (Å²) in [5.41, 5.74) is 0. The number of sulfonamides is 1. The van der Waals surface area contributed by atoms with Crippen LogP contribution in [0.4, 0.5) is 0 Å². The molecule has 1 aromatic rings. The van der Waals surface area contributed by atoms with Crippen LogP contribution in [-0.4, -0.2) is 96.6 Å². The van der Waals surface area contributed by atoms with Crippen LogP contribution in [0.15, 0.2) is 29.4 Å². The molecule has 3 fully saturated rings. The number of pyridine rings is 1. The lowest BCUT2D eigenvalue weighted by Gasteiger charge is -2.27. The van der Waals surface area contributed by atoms with E-state index < -0.39 is 22.1 Å². The first-order valence-corrected chi connectivity index (χ1v) is 11.4. The molecule has 0 radical (unpaired) electrons. The normalized spacial score (nSPS) is 24.9. The number of carbonyl (C=O) groups excluding carboxylic acids is 3. The molecule has 2 atom stereocenters. The van der Waals surface area contributed by atoms with E-state index in [2.05, 4.69) is 4.98 Å². The van der Waals surface area contributed by atoms with Crippen LogP contribution in [-0.2, 0) is 29.1 Å². The number of nitrogens with zero attached hydrogens (tertiary/aromatic N) is 4. The van der Waals surface area contributed by atoms with Crippen LogP contribution in [0.1, 0.15) is 19.3 Å². The predicted octanol–water partition coefficient (Wildman–Crippen LogP) is -0.736. The van der Waals surface area contributed by atoms with Crippen molar-refractivity contribution in [2.75, 3.05) is 39.4 Å². The maximum atomic E-state index is 13.0. The second kappa shape index (κ2) is 8.40. The topological polar surface area (TPSA) is 117 Å². The maximum absolute atomic E-state index is 13.0. The van der Waals surface area contributed by atoms with Gasteiger partial charge in [0.25, 0.3) is 0 Å². The molecule has 0 spiro atoms. The number of aromatic nitrogens is 1. The zero-order valence-electron chi connectivity index (χ0n) is 16.5. The number of ether oxygens (including phenoxy) is 1. The number of likely N-dealkylation sites (tertiary alicyclic amines) is 1. The molecule has 3 saturated heterocycles. The number of amides is 2. The van der Waals surface area contributed by atoms with Crippen LogP contribution < -0.4 is 0 Å². The molecule has 10 nitrogen and oxygen atoms in total.